The second-order valence-electron chi connectivity index (χ2n) is 5.30. The highest BCUT2D eigenvalue weighted by molar-refractivity contribution is 7.91. The Morgan fingerprint density at radius 3 is 2.48 bits per heavy atom. The van der Waals surface area contributed by atoms with Gasteiger partial charge in [-0.15, -0.1) is 10.2 Å². The summed E-state index contributed by atoms with van der Waals surface area (Å²) in [7, 11) is -3.60. The smallest absolute Gasteiger partial charge is 0.272 e. The van der Waals surface area contributed by atoms with Gasteiger partial charge in [0.05, 0.1) is 0 Å². The molecule has 0 aliphatic carbocycles. The zero-order chi connectivity index (χ0) is 16.4. The highest BCUT2D eigenvalue weighted by atomic mass is 32.2. The Labute approximate surface area is 138 Å². The monoisotopic (exact) mass is 352 g/mol. The van der Waals surface area contributed by atoms with Crippen molar-refractivity contribution in [3.8, 4) is 0 Å². The number of carbonyl (C=O) groups excluding carboxylic acids is 1. The predicted octanol–water partition coefficient (Wildman–Crippen LogP) is 1.88. The van der Waals surface area contributed by atoms with Crippen molar-refractivity contribution in [2.75, 3.05) is 18.4 Å². The maximum Gasteiger partial charge on any atom is 0.272 e. The Balaban J connectivity index is 1.74. The zero-order valence-electron chi connectivity index (χ0n) is 12.5. The number of rotatable bonds is 4. The largest absolute Gasteiger partial charge is 0.296 e. The Morgan fingerprint density at radius 1 is 1.17 bits per heavy atom. The quantitative estimate of drug-likeness (QED) is 0.848. The standard InChI is InChI=1S/C14H16N4O3S2/c1-10-4-6-11(7-5-10)12(19)15-13-16-17-14(22-13)23(20,21)18-8-2-3-9-18/h4-7H,2-3,8-9H2,1H3,(H,15,16,19). The third kappa shape index (κ3) is 3.41. The minimum Gasteiger partial charge on any atom is -0.296 e. The molecule has 3 rings (SSSR count). The number of aryl methyl sites for hydroxylation is 1. The van der Waals surface area contributed by atoms with Crippen LogP contribution in [0.15, 0.2) is 28.6 Å². The molecule has 122 valence electrons. The van der Waals surface area contributed by atoms with Crippen molar-refractivity contribution in [1.29, 1.82) is 0 Å². The molecule has 1 amide bonds. The van der Waals surface area contributed by atoms with Gasteiger partial charge in [-0.05, 0) is 31.9 Å². The van der Waals surface area contributed by atoms with Crippen LogP contribution in [0.2, 0.25) is 0 Å². The normalized spacial score (nSPS) is 15.7. The van der Waals surface area contributed by atoms with Crippen molar-refractivity contribution in [2.24, 2.45) is 0 Å². The first-order valence-corrected chi connectivity index (χ1v) is 9.44. The van der Waals surface area contributed by atoms with E-state index >= 15 is 0 Å². The summed E-state index contributed by atoms with van der Waals surface area (Å²) in [6.45, 7) is 2.95. The molecule has 0 bridgehead atoms. The number of hydrogen-bond acceptors (Lipinski definition) is 6. The van der Waals surface area contributed by atoms with Crippen LogP contribution in [0.5, 0.6) is 0 Å². The number of carbonyl (C=O) groups is 1. The van der Waals surface area contributed by atoms with E-state index in [4.69, 9.17) is 0 Å². The molecule has 7 nitrogen and oxygen atoms in total. The van der Waals surface area contributed by atoms with E-state index in [0.717, 1.165) is 29.7 Å². The number of nitrogens with one attached hydrogen (secondary N) is 1. The number of amides is 1. The fraction of sp³-hybridized carbons (Fsp3) is 0.357. The molecule has 1 aromatic heterocycles. The van der Waals surface area contributed by atoms with Crippen LogP contribution in [-0.2, 0) is 10.0 Å². The summed E-state index contributed by atoms with van der Waals surface area (Å²) in [5.74, 6) is -0.341. The lowest BCUT2D eigenvalue weighted by Crippen LogP contribution is -2.27. The van der Waals surface area contributed by atoms with Crippen LogP contribution in [0, 0.1) is 6.92 Å². The summed E-state index contributed by atoms with van der Waals surface area (Å²) >= 11 is 0.869. The minimum absolute atomic E-state index is 0.0846. The predicted molar refractivity (Wildman–Crippen MR) is 87.0 cm³/mol. The van der Waals surface area contributed by atoms with Gasteiger partial charge in [-0.2, -0.15) is 4.31 Å². The third-order valence-electron chi connectivity index (χ3n) is 3.57. The molecule has 1 saturated heterocycles. The Morgan fingerprint density at radius 2 is 1.83 bits per heavy atom. The van der Waals surface area contributed by atoms with E-state index in [1.54, 1.807) is 12.1 Å². The molecule has 2 heterocycles. The van der Waals surface area contributed by atoms with Crippen LogP contribution in [0.25, 0.3) is 0 Å². The second kappa shape index (κ2) is 6.34. The molecule has 1 aliphatic rings. The van der Waals surface area contributed by atoms with Crippen LogP contribution < -0.4 is 5.32 Å². The maximum atomic E-state index is 12.4. The molecule has 0 radical (unpaired) electrons. The van der Waals surface area contributed by atoms with Crippen LogP contribution in [-0.4, -0.2) is 41.9 Å². The fourth-order valence-corrected chi connectivity index (χ4v) is 4.83. The molecular formula is C14H16N4O3S2. The molecular weight excluding hydrogens is 336 g/mol. The zero-order valence-corrected chi connectivity index (χ0v) is 14.2. The molecule has 0 atom stereocenters. The lowest BCUT2D eigenvalue weighted by atomic mass is 10.1. The number of benzene rings is 1. The molecule has 1 aliphatic heterocycles. The molecule has 0 spiro atoms. The molecule has 0 unspecified atom stereocenters. The van der Waals surface area contributed by atoms with E-state index in [1.807, 2.05) is 19.1 Å². The van der Waals surface area contributed by atoms with E-state index in [1.165, 1.54) is 4.31 Å². The van der Waals surface area contributed by atoms with E-state index in [2.05, 4.69) is 15.5 Å². The van der Waals surface area contributed by atoms with Crippen molar-refractivity contribution in [2.45, 2.75) is 24.1 Å². The highest BCUT2D eigenvalue weighted by Crippen LogP contribution is 2.26. The van der Waals surface area contributed by atoms with Crippen molar-refractivity contribution in [3.63, 3.8) is 0 Å². The van der Waals surface area contributed by atoms with Crippen LogP contribution >= 0.6 is 11.3 Å². The van der Waals surface area contributed by atoms with Gasteiger partial charge >= 0.3 is 0 Å². The average molecular weight is 352 g/mol. The summed E-state index contributed by atoms with van der Waals surface area (Å²) in [5.41, 5.74) is 1.53. The van der Waals surface area contributed by atoms with Crippen molar-refractivity contribution in [3.05, 3.63) is 35.4 Å². The van der Waals surface area contributed by atoms with Gasteiger partial charge in [-0.3, -0.25) is 10.1 Å². The van der Waals surface area contributed by atoms with Gasteiger partial charge in [0.15, 0.2) is 0 Å². The van der Waals surface area contributed by atoms with Gasteiger partial charge in [0.1, 0.15) is 0 Å². The number of anilines is 1. The molecule has 1 N–H and O–H groups in total. The first-order valence-electron chi connectivity index (χ1n) is 7.18. The fourth-order valence-electron chi connectivity index (χ4n) is 2.28. The summed E-state index contributed by atoms with van der Waals surface area (Å²) in [6, 6.07) is 7.07. The van der Waals surface area contributed by atoms with Crippen LogP contribution in [0.4, 0.5) is 5.13 Å². The van der Waals surface area contributed by atoms with Crippen molar-refractivity contribution >= 4 is 32.4 Å². The van der Waals surface area contributed by atoms with Crippen molar-refractivity contribution in [1.82, 2.24) is 14.5 Å². The molecule has 0 saturated carbocycles. The summed E-state index contributed by atoms with van der Waals surface area (Å²) < 4.78 is 26.0. The first kappa shape index (κ1) is 16.0. The van der Waals surface area contributed by atoms with Gasteiger partial charge in [-0.25, -0.2) is 8.42 Å². The third-order valence-corrected chi connectivity index (χ3v) is 6.65. The van der Waals surface area contributed by atoms with E-state index in [9.17, 15) is 13.2 Å². The van der Waals surface area contributed by atoms with E-state index in [0.29, 0.717) is 18.7 Å². The Kier molecular flexibility index (Phi) is 4.42. The van der Waals surface area contributed by atoms with Crippen LogP contribution in [0.1, 0.15) is 28.8 Å². The highest BCUT2D eigenvalue weighted by Gasteiger charge is 2.30. The number of sulfonamides is 1. The average Bonchev–Trinajstić information content (AvgIpc) is 3.19. The molecule has 23 heavy (non-hydrogen) atoms. The van der Waals surface area contributed by atoms with Gasteiger partial charge in [0.25, 0.3) is 15.9 Å². The summed E-state index contributed by atoms with van der Waals surface area (Å²) in [4.78, 5) is 12.1. The lowest BCUT2D eigenvalue weighted by Gasteiger charge is -2.11. The maximum absolute atomic E-state index is 12.4. The van der Waals surface area contributed by atoms with Gasteiger partial charge in [0, 0.05) is 18.7 Å². The number of hydrogen-bond donors (Lipinski definition) is 1. The van der Waals surface area contributed by atoms with Gasteiger partial charge < -0.3 is 0 Å². The molecule has 9 heteroatoms. The van der Waals surface area contributed by atoms with Gasteiger partial charge in [-0.1, -0.05) is 29.0 Å². The Bertz CT molecular complexity index is 809. The van der Waals surface area contributed by atoms with Crippen molar-refractivity contribution < 1.29 is 13.2 Å². The SMILES string of the molecule is Cc1ccc(C(=O)Nc2nnc(S(=O)(=O)N3CCCC3)s2)cc1. The van der Waals surface area contributed by atoms with Gasteiger partial charge in [0.2, 0.25) is 9.47 Å². The Hall–Kier alpha value is -1.84. The molecule has 1 fully saturated rings. The number of aromatic nitrogens is 2. The molecule has 2 aromatic rings. The summed E-state index contributed by atoms with van der Waals surface area (Å²) in [6.07, 6.45) is 1.71. The first-order chi connectivity index (χ1) is 11.0. The minimum atomic E-state index is -3.60. The molecule has 1 aromatic carbocycles. The topological polar surface area (TPSA) is 92.3 Å². The lowest BCUT2D eigenvalue weighted by molar-refractivity contribution is 0.102. The second-order valence-corrected chi connectivity index (χ2v) is 8.39. The van der Waals surface area contributed by atoms with E-state index in [-0.39, 0.29) is 15.4 Å². The van der Waals surface area contributed by atoms with E-state index < -0.39 is 10.0 Å². The summed E-state index contributed by atoms with van der Waals surface area (Å²) in [5, 5.41) is 10.2. The number of nitrogens with zero attached hydrogens (tertiary/aromatic N) is 3. The van der Waals surface area contributed by atoms with Crippen LogP contribution in [0.3, 0.4) is 0 Å².